The summed E-state index contributed by atoms with van der Waals surface area (Å²) in [5.74, 6) is 4.41. The smallest absolute Gasteiger partial charge is 0.408 e. The Balaban J connectivity index is 4.85. The zero-order chi connectivity index (χ0) is 11.5. The van der Waals surface area contributed by atoms with Crippen LogP contribution in [0.2, 0.25) is 0 Å². The second-order valence-electron chi connectivity index (χ2n) is 4.01. The number of hydrogen-bond acceptors (Lipinski definition) is 3. The molecule has 82 valence electrons. The number of nitrogens with one attached hydrogen (secondary N) is 1. The van der Waals surface area contributed by atoms with Crippen LogP contribution in [0.3, 0.4) is 0 Å². The average molecular weight is 203 g/mol. The molecule has 0 aliphatic rings. The Morgan fingerprint density at radius 3 is 2.07 bits per heavy atom. The number of nitrogens with two attached hydrogens (primary N) is 1. The first-order chi connectivity index (χ1) is 6.21. The highest BCUT2D eigenvalue weighted by Crippen LogP contribution is 2.17. The lowest BCUT2D eigenvalue weighted by molar-refractivity contribution is -0.127. The minimum atomic E-state index is -1.14. The van der Waals surface area contributed by atoms with Crippen molar-refractivity contribution < 1.29 is 14.7 Å². The largest absolute Gasteiger partial charge is 0.465 e. The quantitative estimate of drug-likeness (QED) is 0.338. The fraction of sp³-hybridized carbons (Fsp3) is 0.750. The van der Waals surface area contributed by atoms with Gasteiger partial charge < -0.3 is 5.11 Å². The van der Waals surface area contributed by atoms with Crippen LogP contribution in [0.4, 0.5) is 4.79 Å². The fourth-order valence-corrected chi connectivity index (χ4v) is 1.27. The van der Waals surface area contributed by atoms with Crippen molar-refractivity contribution in [2.75, 3.05) is 0 Å². The molecule has 0 aromatic carbocycles. The number of rotatable bonds is 2. The molecule has 0 bridgehead atoms. The van der Waals surface area contributed by atoms with Gasteiger partial charge in [-0.15, -0.1) is 0 Å². The maximum atomic E-state index is 11.2. The number of hydrogen-bond donors (Lipinski definition) is 3. The summed E-state index contributed by atoms with van der Waals surface area (Å²) in [4.78, 5) is 23.1. The highest BCUT2D eigenvalue weighted by molar-refractivity contribution is 5.84. The summed E-state index contributed by atoms with van der Waals surface area (Å²) in [5.41, 5.74) is 1.29. The lowest BCUT2D eigenvalue weighted by Gasteiger charge is -2.36. The van der Waals surface area contributed by atoms with Crippen LogP contribution in [0.15, 0.2) is 0 Å². The fourth-order valence-electron chi connectivity index (χ4n) is 1.27. The molecule has 1 unspecified atom stereocenters. The average Bonchev–Trinajstić information content (AvgIpc) is 1.99. The molecule has 0 rings (SSSR count). The summed E-state index contributed by atoms with van der Waals surface area (Å²) in [6.07, 6.45) is -1.14. The number of hydrazine groups is 1. The van der Waals surface area contributed by atoms with E-state index in [1.807, 2.05) is 5.43 Å². The van der Waals surface area contributed by atoms with Crippen molar-refractivity contribution in [2.24, 2.45) is 5.84 Å². The van der Waals surface area contributed by atoms with Crippen molar-refractivity contribution in [1.82, 2.24) is 10.3 Å². The Labute approximate surface area is 83.0 Å². The topological polar surface area (TPSA) is 95.7 Å². The number of carbonyl (C=O) groups excluding carboxylic acids is 1. The van der Waals surface area contributed by atoms with Gasteiger partial charge in [-0.3, -0.25) is 15.1 Å². The standard InChI is InChI=1S/C8H17N3O3/c1-5(6(12)10-9)11(7(13)14)8(2,3)4/h5H,9H2,1-4H3,(H,10,12)(H,13,14). The van der Waals surface area contributed by atoms with Crippen molar-refractivity contribution in [3.63, 3.8) is 0 Å². The van der Waals surface area contributed by atoms with Crippen molar-refractivity contribution >= 4 is 12.0 Å². The summed E-state index contributed by atoms with van der Waals surface area (Å²) in [5, 5.41) is 8.93. The molecule has 4 N–H and O–H groups in total. The molecule has 6 nitrogen and oxygen atoms in total. The van der Waals surface area contributed by atoms with E-state index in [0.29, 0.717) is 0 Å². The van der Waals surface area contributed by atoms with Crippen LogP contribution in [0.5, 0.6) is 0 Å². The molecule has 0 saturated heterocycles. The van der Waals surface area contributed by atoms with Crippen molar-refractivity contribution in [3.8, 4) is 0 Å². The maximum Gasteiger partial charge on any atom is 0.408 e. The van der Waals surface area contributed by atoms with Crippen LogP contribution in [0.1, 0.15) is 27.7 Å². The van der Waals surface area contributed by atoms with Crippen molar-refractivity contribution in [1.29, 1.82) is 0 Å². The highest BCUT2D eigenvalue weighted by atomic mass is 16.4. The summed E-state index contributed by atoms with van der Waals surface area (Å²) >= 11 is 0. The van der Waals surface area contributed by atoms with Gasteiger partial charge in [0, 0.05) is 5.54 Å². The van der Waals surface area contributed by atoms with Crippen LogP contribution < -0.4 is 11.3 Å². The van der Waals surface area contributed by atoms with Gasteiger partial charge in [0.15, 0.2) is 0 Å². The van der Waals surface area contributed by atoms with E-state index in [1.165, 1.54) is 6.92 Å². The van der Waals surface area contributed by atoms with Crippen LogP contribution in [0, 0.1) is 0 Å². The molecule has 0 aliphatic heterocycles. The van der Waals surface area contributed by atoms with Crippen LogP contribution in [-0.2, 0) is 4.79 Å². The van der Waals surface area contributed by atoms with E-state index < -0.39 is 23.6 Å². The molecule has 0 fully saturated rings. The summed E-state index contributed by atoms with van der Waals surface area (Å²) in [6.45, 7) is 6.62. The van der Waals surface area contributed by atoms with Crippen LogP contribution >= 0.6 is 0 Å². The van der Waals surface area contributed by atoms with Crippen molar-refractivity contribution in [3.05, 3.63) is 0 Å². The first kappa shape index (κ1) is 12.7. The van der Waals surface area contributed by atoms with Gasteiger partial charge in [-0.25, -0.2) is 10.6 Å². The molecular formula is C8H17N3O3. The normalized spacial score (nSPS) is 13.2. The second kappa shape index (κ2) is 4.28. The van der Waals surface area contributed by atoms with Crippen molar-refractivity contribution in [2.45, 2.75) is 39.3 Å². The Morgan fingerprint density at radius 1 is 1.43 bits per heavy atom. The summed E-state index contributed by atoms with van der Waals surface area (Å²) < 4.78 is 0. The molecule has 0 saturated carbocycles. The molecule has 0 heterocycles. The molecule has 14 heavy (non-hydrogen) atoms. The SMILES string of the molecule is CC(C(=O)NN)N(C(=O)O)C(C)(C)C. The van der Waals surface area contributed by atoms with Gasteiger partial charge in [0.2, 0.25) is 0 Å². The third-order valence-corrected chi connectivity index (χ3v) is 1.84. The van der Waals surface area contributed by atoms with Gasteiger partial charge in [-0.2, -0.15) is 0 Å². The van der Waals surface area contributed by atoms with E-state index in [-0.39, 0.29) is 0 Å². The zero-order valence-corrected chi connectivity index (χ0v) is 8.87. The summed E-state index contributed by atoms with van der Waals surface area (Å²) in [6, 6.07) is -0.808. The van der Waals surface area contributed by atoms with E-state index in [9.17, 15) is 9.59 Å². The molecule has 0 aromatic heterocycles. The Kier molecular flexibility index (Phi) is 3.88. The van der Waals surface area contributed by atoms with E-state index in [1.54, 1.807) is 20.8 Å². The van der Waals surface area contributed by atoms with E-state index in [2.05, 4.69) is 0 Å². The van der Waals surface area contributed by atoms with Gasteiger partial charge >= 0.3 is 6.09 Å². The monoisotopic (exact) mass is 203 g/mol. The predicted octanol–water partition coefficient (Wildman–Crippen LogP) is 0.143. The summed E-state index contributed by atoms with van der Waals surface area (Å²) in [7, 11) is 0. The minimum absolute atomic E-state index is 0.526. The van der Waals surface area contributed by atoms with Gasteiger partial charge in [0.25, 0.3) is 5.91 Å². The Morgan fingerprint density at radius 2 is 1.86 bits per heavy atom. The molecule has 0 aromatic rings. The first-order valence-electron chi connectivity index (χ1n) is 4.24. The lowest BCUT2D eigenvalue weighted by atomic mass is 10.0. The Bertz CT molecular complexity index is 234. The van der Waals surface area contributed by atoms with E-state index in [0.717, 1.165) is 4.90 Å². The number of carbonyl (C=O) groups is 2. The Hall–Kier alpha value is -1.30. The van der Waals surface area contributed by atoms with E-state index >= 15 is 0 Å². The first-order valence-corrected chi connectivity index (χ1v) is 4.24. The van der Waals surface area contributed by atoms with Crippen LogP contribution in [-0.4, -0.2) is 33.6 Å². The maximum absolute atomic E-state index is 11.2. The predicted molar refractivity (Wildman–Crippen MR) is 51.4 cm³/mol. The molecule has 0 aliphatic carbocycles. The van der Waals surface area contributed by atoms with Gasteiger partial charge in [-0.1, -0.05) is 0 Å². The molecular weight excluding hydrogens is 186 g/mol. The minimum Gasteiger partial charge on any atom is -0.465 e. The molecule has 2 amide bonds. The third kappa shape index (κ3) is 2.88. The number of amides is 2. The second-order valence-corrected chi connectivity index (χ2v) is 4.01. The van der Waals surface area contributed by atoms with Crippen LogP contribution in [0.25, 0.3) is 0 Å². The number of carboxylic acid groups (broad SMARTS) is 1. The molecule has 0 spiro atoms. The van der Waals surface area contributed by atoms with Gasteiger partial charge in [0.05, 0.1) is 0 Å². The van der Waals surface area contributed by atoms with Gasteiger partial charge in [0.1, 0.15) is 6.04 Å². The zero-order valence-electron chi connectivity index (χ0n) is 8.87. The molecule has 6 heteroatoms. The highest BCUT2D eigenvalue weighted by Gasteiger charge is 2.34. The molecule has 0 radical (unpaired) electrons. The van der Waals surface area contributed by atoms with Gasteiger partial charge in [-0.05, 0) is 27.7 Å². The molecule has 1 atom stereocenters. The lowest BCUT2D eigenvalue weighted by Crippen LogP contribution is -2.56. The third-order valence-electron chi connectivity index (χ3n) is 1.84. The van der Waals surface area contributed by atoms with E-state index in [4.69, 9.17) is 10.9 Å². The number of nitrogens with zero attached hydrogens (tertiary/aromatic N) is 1.